The van der Waals surface area contributed by atoms with Crippen molar-refractivity contribution < 1.29 is 4.39 Å². The molecule has 1 aromatic carbocycles. The topological polar surface area (TPSA) is 72.5 Å². The van der Waals surface area contributed by atoms with E-state index < -0.39 is 0 Å². The van der Waals surface area contributed by atoms with Crippen LogP contribution >= 0.6 is 0 Å². The number of hydrazine groups is 2. The number of fused-ring (bicyclic) bond motifs is 1. The number of amidine groups is 1. The minimum Gasteiger partial charge on any atom is -0.297 e. The Morgan fingerprint density at radius 2 is 2.04 bits per heavy atom. The Morgan fingerprint density at radius 1 is 1.23 bits per heavy atom. The first kappa shape index (κ1) is 17.1. The maximum Gasteiger partial charge on any atom is 0.179 e. The second kappa shape index (κ2) is 7.14. The third-order valence-corrected chi connectivity index (χ3v) is 5.05. The molecule has 3 N–H and O–H groups in total. The van der Waals surface area contributed by atoms with Crippen molar-refractivity contribution in [1.82, 2.24) is 20.3 Å². The highest BCUT2D eigenvalue weighted by molar-refractivity contribution is 6.05. The van der Waals surface area contributed by atoms with Gasteiger partial charge in [0.15, 0.2) is 5.84 Å². The molecular formula is C18H24FN7. The van der Waals surface area contributed by atoms with Crippen LogP contribution in [0.3, 0.4) is 0 Å². The van der Waals surface area contributed by atoms with Crippen molar-refractivity contribution >= 4 is 17.9 Å². The number of nitrogens with two attached hydrogens (primary N) is 1. The zero-order valence-electron chi connectivity index (χ0n) is 15.0. The van der Waals surface area contributed by atoms with Gasteiger partial charge >= 0.3 is 0 Å². The van der Waals surface area contributed by atoms with Gasteiger partial charge in [-0.3, -0.25) is 21.2 Å². The maximum atomic E-state index is 13.5. The molecule has 0 spiro atoms. The Morgan fingerprint density at radius 3 is 2.81 bits per heavy atom. The average molecular weight is 357 g/mol. The Bertz CT molecular complexity index is 778. The molecule has 1 fully saturated rings. The van der Waals surface area contributed by atoms with Crippen molar-refractivity contribution in [3.8, 4) is 0 Å². The highest BCUT2D eigenvalue weighted by Crippen LogP contribution is 2.27. The van der Waals surface area contributed by atoms with Crippen molar-refractivity contribution in [2.45, 2.75) is 13.3 Å². The molecule has 7 nitrogen and oxygen atoms in total. The molecule has 0 aromatic heterocycles. The molecule has 138 valence electrons. The minimum atomic E-state index is -0.218. The van der Waals surface area contributed by atoms with E-state index >= 15 is 0 Å². The molecule has 0 bridgehead atoms. The lowest BCUT2D eigenvalue weighted by molar-refractivity contribution is 0.141. The Balaban J connectivity index is 1.61. The monoisotopic (exact) mass is 357 g/mol. The zero-order chi connectivity index (χ0) is 18.1. The third kappa shape index (κ3) is 3.48. The number of aryl methyl sites for hydroxylation is 1. The first-order valence-corrected chi connectivity index (χ1v) is 8.95. The summed E-state index contributed by atoms with van der Waals surface area (Å²) in [7, 11) is 0. The minimum absolute atomic E-state index is 0.218. The Kier molecular flexibility index (Phi) is 4.71. The van der Waals surface area contributed by atoms with E-state index in [0.29, 0.717) is 17.1 Å². The predicted molar refractivity (Wildman–Crippen MR) is 100 cm³/mol. The Labute approximate surface area is 152 Å². The summed E-state index contributed by atoms with van der Waals surface area (Å²) in [5.74, 6) is 6.32. The predicted octanol–water partition coefficient (Wildman–Crippen LogP) is 1.16. The van der Waals surface area contributed by atoms with Crippen LogP contribution < -0.4 is 11.3 Å². The molecule has 0 amide bonds. The normalized spacial score (nSPS) is 22.9. The second-order valence-electron chi connectivity index (χ2n) is 6.92. The SMILES string of the molecule is Cc1cc(N=C2N=CNN3CCC(CN4CCN(N)CC4)=C23)ccc1F. The molecule has 1 saturated heterocycles. The van der Waals surface area contributed by atoms with Crippen LogP contribution in [0.15, 0.2) is 39.5 Å². The van der Waals surface area contributed by atoms with E-state index in [1.807, 2.05) is 5.01 Å². The lowest BCUT2D eigenvalue weighted by Crippen LogP contribution is -2.49. The van der Waals surface area contributed by atoms with Crippen molar-refractivity contribution in [1.29, 1.82) is 0 Å². The smallest absolute Gasteiger partial charge is 0.179 e. The van der Waals surface area contributed by atoms with E-state index in [4.69, 9.17) is 5.84 Å². The fourth-order valence-corrected chi connectivity index (χ4v) is 3.54. The molecule has 8 heteroatoms. The van der Waals surface area contributed by atoms with Crippen molar-refractivity contribution in [2.75, 3.05) is 39.3 Å². The van der Waals surface area contributed by atoms with E-state index in [9.17, 15) is 4.39 Å². The first-order chi connectivity index (χ1) is 12.6. The van der Waals surface area contributed by atoms with Crippen LogP contribution in [-0.4, -0.2) is 66.4 Å². The summed E-state index contributed by atoms with van der Waals surface area (Å²) in [4.78, 5) is 11.6. The number of aliphatic imine (C=N–C) groups is 2. The van der Waals surface area contributed by atoms with Gasteiger partial charge in [-0.2, -0.15) is 0 Å². The van der Waals surface area contributed by atoms with Gasteiger partial charge in [0.1, 0.15) is 17.9 Å². The lowest BCUT2D eigenvalue weighted by Gasteiger charge is -2.32. The summed E-state index contributed by atoms with van der Waals surface area (Å²) in [5.41, 5.74) is 6.87. The number of hydrogen-bond acceptors (Lipinski definition) is 6. The van der Waals surface area contributed by atoms with Crippen LogP contribution in [-0.2, 0) is 0 Å². The molecule has 26 heavy (non-hydrogen) atoms. The zero-order valence-corrected chi connectivity index (χ0v) is 15.0. The van der Waals surface area contributed by atoms with Crippen molar-refractivity contribution in [2.24, 2.45) is 15.8 Å². The molecule has 0 radical (unpaired) electrons. The summed E-state index contributed by atoms with van der Waals surface area (Å²) in [6.45, 7) is 7.25. The van der Waals surface area contributed by atoms with Gasteiger partial charge in [-0.25, -0.2) is 19.4 Å². The summed E-state index contributed by atoms with van der Waals surface area (Å²) in [5, 5.41) is 3.96. The summed E-state index contributed by atoms with van der Waals surface area (Å²) < 4.78 is 13.5. The summed E-state index contributed by atoms with van der Waals surface area (Å²) >= 11 is 0. The van der Waals surface area contributed by atoms with Crippen LogP contribution in [0, 0.1) is 12.7 Å². The van der Waals surface area contributed by atoms with Crippen molar-refractivity contribution in [3.63, 3.8) is 0 Å². The van der Waals surface area contributed by atoms with Crippen molar-refractivity contribution in [3.05, 3.63) is 40.8 Å². The van der Waals surface area contributed by atoms with Gasteiger partial charge < -0.3 is 0 Å². The molecule has 3 aliphatic heterocycles. The van der Waals surface area contributed by atoms with Gasteiger partial charge in [-0.1, -0.05) is 0 Å². The van der Waals surface area contributed by atoms with Crippen LogP contribution in [0.4, 0.5) is 10.1 Å². The standard InChI is InChI=1S/C18H24FN7/c1-13-10-15(2-3-16(13)19)23-18-17-14(4-5-26(17)22-12-21-18)11-24-6-8-25(20)9-7-24/h2-3,10,12H,4-9,11,20H2,1H3,(H,21,22,23). The van der Waals surface area contributed by atoms with Crippen LogP contribution in [0.1, 0.15) is 12.0 Å². The highest BCUT2D eigenvalue weighted by Gasteiger charge is 2.30. The van der Waals surface area contributed by atoms with Gasteiger partial charge in [0.25, 0.3) is 0 Å². The van der Waals surface area contributed by atoms with E-state index in [-0.39, 0.29) is 5.82 Å². The summed E-state index contributed by atoms with van der Waals surface area (Å²) in [6.07, 6.45) is 2.64. The van der Waals surface area contributed by atoms with Crippen LogP contribution in [0.2, 0.25) is 0 Å². The largest absolute Gasteiger partial charge is 0.297 e. The van der Waals surface area contributed by atoms with E-state index in [1.54, 1.807) is 25.4 Å². The van der Waals surface area contributed by atoms with Gasteiger partial charge in [-0.05, 0) is 42.7 Å². The molecular weight excluding hydrogens is 333 g/mol. The molecule has 1 aromatic rings. The van der Waals surface area contributed by atoms with Crippen LogP contribution in [0.25, 0.3) is 0 Å². The number of nitrogens with one attached hydrogen (secondary N) is 1. The van der Waals surface area contributed by atoms with E-state index in [0.717, 1.165) is 51.4 Å². The van der Waals surface area contributed by atoms with Gasteiger partial charge in [0, 0.05) is 39.3 Å². The summed E-state index contributed by atoms with van der Waals surface area (Å²) in [6, 6.07) is 4.89. The molecule has 0 saturated carbocycles. The number of piperazine rings is 1. The molecule has 0 unspecified atom stereocenters. The average Bonchev–Trinajstić information content (AvgIpc) is 3.04. The quantitative estimate of drug-likeness (QED) is 0.795. The number of benzene rings is 1. The molecule has 0 aliphatic carbocycles. The van der Waals surface area contributed by atoms with Gasteiger partial charge in [-0.15, -0.1) is 0 Å². The fraction of sp³-hybridized carbons (Fsp3) is 0.444. The molecule has 3 aliphatic rings. The Hall–Kier alpha value is -2.29. The van der Waals surface area contributed by atoms with Gasteiger partial charge in [0.2, 0.25) is 0 Å². The van der Waals surface area contributed by atoms with Gasteiger partial charge in [0.05, 0.1) is 5.69 Å². The molecule has 3 heterocycles. The number of halogens is 1. The number of rotatable bonds is 3. The third-order valence-electron chi connectivity index (χ3n) is 5.05. The molecule has 0 atom stereocenters. The highest BCUT2D eigenvalue weighted by atomic mass is 19.1. The van der Waals surface area contributed by atoms with E-state index in [1.165, 1.54) is 11.6 Å². The first-order valence-electron chi connectivity index (χ1n) is 8.95. The fourth-order valence-electron chi connectivity index (χ4n) is 3.54. The molecule has 4 rings (SSSR count). The lowest BCUT2D eigenvalue weighted by atomic mass is 10.1. The van der Waals surface area contributed by atoms with E-state index in [2.05, 4.69) is 25.3 Å². The number of nitrogens with zero attached hydrogens (tertiary/aromatic N) is 5. The number of hydrogen-bond donors (Lipinski definition) is 2. The maximum absolute atomic E-state index is 13.5. The van der Waals surface area contributed by atoms with Crippen LogP contribution in [0.5, 0.6) is 0 Å². The second-order valence-corrected chi connectivity index (χ2v) is 6.92.